The summed E-state index contributed by atoms with van der Waals surface area (Å²) in [7, 11) is 0. The van der Waals surface area contributed by atoms with Crippen molar-refractivity contribution in [2.45, 2.75) is 25.7 Å². The van der Waals surface area contributed by atoms with Crippen LogP contribution in [0.1, 0.15) is 47.2 Å². The van der Waals surface area contributed by atoms with Crippen molar-refractivity contribution < 1.29 is 19.4 Å². The highest BCUT2D eigenvalue weighted by Crippen LogP contribution is 2.34. The summed E-state index contributed by atoms with van der Waals surface area (Å²) in [5, 5.41) is 9.00. The molecule has 2 atom stereocenters. The fourth-order valence-electron chi connectivity index (χ4n) is 2.64. The van der Waals surface area contributed by atoms with E-state index in [4.69, 9.17) is 9.84 Å². The van der Waals surface area contributed by atoms with Gasteiger partial charge in [-0.15, -0.1) is 0 Å². The molecule has 2 rings (SSSR count). The van der Waals surface area contributed by atoms with Gasteiger partial charge in [0.05, 0.1) is 18.1 Å². The van der Waals surface area contributed by atoms with Crippen LogP contribution in [0.15, 0.2) is 54.6 Å². The minimum Gasteiger partial charge on any atom is -0.478 e. The molecule has 0 heterocycles. The van der Waals surface area contributed by atoms with Crippen molar-refractivity contribution in [1.29, 1.82) is 0 Å². The van der Waals surface area contributed by atoms with Crippen LogP contribution in [0.25, 0.3) is 0 Å². The molecule has 1 N–H and O–H groups in total. The van der Waals surface area contributed by atoms with Crippen molar-refractivity contribution in [3.05, 3.63) is 71.3 Å². The predicted octanol–water partition coefficient (Wildman–Crippen LogP) is 3.84. The minimum atomic E-state index is -0.986. The number of esters is 1. The van der Waals surface area contributed by atoms with Gasteiger partial charge in [-0.2, -0.15) is 0 Å². The summed E-state index contributed by atoms with van der Waals surface area (Å²) in [5.41, 5.74) is 1.99. The Morgan fingerprint density at radius 2 is 1.61 bits per heavy atom. The van der Waals surface area contributed by atoms with Gasteiger partial charge in [0.25, 0.3) is 0 Å². The lowest BCUT2D eigenvalue weighted by Gasteiger charge is -2.23. The van der Waals surface area contributed by atoms with Crippen molar-refractivity contribution in [3.8, 4) is 0 Å². The van der Waals surface area contributed by atoms with Gasteiger partial charge < -0.3 is 9.84 Å². The lowest BCUT2D eigenvalue weighted by Crippen LogP contribution is -2.21. The van der Waals surface area contributed by atoms with Crippen molar-refractivity contribution >= 4 is 11.9 Å². The minimum absolute atomic E-state index is 0.0778. The van der Waals surface area contributed by atoms with E-state index in [0.29, 0.717) is 6.61 Å². The van der Waals surface area contributed by atoms with Crippen LogP contribution < -0.4 is 0 Å². The summed E-state index contributed by atoms with van der Waals surface area (Å²) >= 11 is 0. The normalized spacial score (nSPS) is 13.1. The molecule has 2 unspecified atom stereocenters. The molecule has 120 valence electrons. The lowest BCUT2D eigenvalue weighted by atomic mass is 9.82. The van der Waals surface area contributed by atoms with E-state index in [1.54, 1.807) is 19.1 Å². The Morgan fingerprint density at radius 3 is 2.13 bits per heavy atom. The summed E-state index contributed by atoms with van der Waals surface area (Å²) < 4.78 is 5.22. The van der Waals surface area contributed by atoms with Gasteiger partial charge in [-0.3, -0.25) is 4.79 Å². The highest BCUT2D eigenvalue weighted by Gasteiger charge is 2.29. The van der Waals surface area contributed by atoms with Gasteiger partial charge in [-0.25, -0.2) is 4.79 Å². The van der Waals surface area contributed by atoms with Crippen LogP contribution in [-0.4, -0.2) is 23.7 Å². The molecule has 0 radical (unpaired) electrons. The van der Waals surface area contributed by atoms with Crippen LogP contribution in [0, 0.1) is 0 Å². The average Bonchev–Trinajstić information content (AvgIpc) is 2.56. The molecule has 23 heavy (non-hydrogen) atoms. The summed E-state index contributed by atoms with van der Waals surface area (Å²) in [6.07, 6.45) is 0. The number of carboxylic acid groups (broad SMARTS) is 1. The first-order chi connectivity index (χ1) is 11.0. The molecule has 0 fully saturated rings. The van der Waals surface area contributed by atoms with Crippen molar-refractivity contribution in [3.63, 3.8) is 0 Å². The number of carbonyl (C=O) groups is 2. The highest BCUT2D eigenvalue weighted by molar-refractivity contribution is 5.88. The van der Waals surface area contributed by atoms with Gasteiger partial charge in [0.2, 0.25) is 0 Å². The third kappa shape index (κ3) is 3.97. The van der Waals surface area contributed by atoms with Crippen LogP contribution in [-0.2, 0) is 9.53 Å². The van der Waals surface area contributed by atoms with Crippen LogP contribution >= 0.6 is 0 Å². The second-order valence-corrected chi connectivity index (χ2v) is 5.36. The smallest absolute Gasteiger partial charge is 0.335 e. The molecular formula is C19H20O4. The van der Waals surface area contributed by atoms with E-state index >= 15 is 0 Å². The number of aromatic carboxylic acids is 1. The van der Waals surface area contributed by atoms with Crippen molar-refractivity contribution in [2.75, 3.05) is 6.61 Å². The molecular weight excluding hydrogens is 292 g/mol. The van der Waals surface area contributed by atoms with Gasteiger partial charge in [0.15, 0.2) is 0 Å². The third-order valence-electron chi connectivity index (χ3n) is 3.88. The number of benzene rings is 2. The zero-order valence-electron chi connectivity index (χ0n) is 13.2. The summed E-state index contributed by atoms with van der Waals surface area (Å²) in [6, 6.07) is 16.1. The SMILES string of the molecule is CCOC(=O)C(c1ccc(C(=O)O)cc1)C(C)c1ccccc1. The quantitative estimate of drug-likeness (QED) is 0.823. The number of carboxylic acids is 1. The van der Waals surface area contributed by atoms with E-state index in [0.717, 1.165) is 11.1 Å². The van der Waals surface area contributed by atoms with Gasteiger partial charge in [-0.05, 0) is 36.1 Å². The molecule has 4 heteroatoms. The maximum absolute atomic E-state index is 12.4. The van der Waals surface area contributed by atoms with Crippen molar-refractivity contribution in [2.24, 2.45) is 0 Å². The molecule has 2 aromatic rings. The van der Waals surface area contributed by atoms with E-state index in [1.165, 1.54) is 12.1 Å². The Labute approximate surface area is 135 Å². The fraction of sp³-hybridized carbons (Fsp3) is 0.263. The maximum Gasteiger partial charge on any atom is 0.335 e. The van der Waals surface area contributed by atoms with E-state index in [9.17, 15) is 9.59 Å². The van der Waals surface area contributed by atoms with E-state index in [2.05, 4.69) is 0 Å². The average molecular weight is 312 g/mol. The monoisotopic (exact) mass is 312 g/mol. The van der Waals surface area contributed by atoms with Gasteiger partial charge >= 0.3 is 11.9 Å². The Morgan fingerprint density at radius 1 is 1.00 bits per heavy atom. The summed E-state index contributed by atoms with van der Waals surface area (Å²) in [4.78, 5) is 23.4. The Balaban J connectivity index is 2.37. The molecule has 0 aromatic heterocycles. The predicted molar refractivity (Wildman–Crippen MR) is 87.6 cm³/mol. The Hall–Kier alpha value is -2.62. The molecule has 0 amide bonds. The maximum atomic E-state index is 12.4. The summed E-state index contributed by atoms with van der Waals surface area (Å²) in [5.74, 6) is -1.83. The van der Waals surface area contributed by atoms with Crippen LogP contribution in [0.2, 0.25) is 0 Å². The molecule has 2 aromatic carbocycles. The molecule has 4 nitrogen and oxygen atoms in total. The second kappa shape index (κ2) is 7.58. The van der Waals surface area contributed by atoms with E-state index in [1.807, 2.05) is 37.3 Å². The van der Waals surface area contributed by atoms with E-state index < -0.39 is 11.9 Å². The Kier molecular flexibility index (Phi) is 5.52. The zero-order chi connectivity index (χ0) is 16.8. The Bertz CT molecular complexity index is 662. The van der Waals surface area contributed by atoms with Crippen molar-refractivity contribution in [1.82, 2.24) is 0 Å². The van der Waals surface area contributed by atoms with Gasteiger partial charge in [-0.1, -0.05) is 49.4 Å². The molecule has 0 aliphatic rings. The number of carbonyl (C=O) groups excluding carboxylic acids is 1. The molecule has 0 saturated carbocycles. The molecule has 0 bridgehead atoms. The fourth-order valence-corrected chi connectivity index (χ4v) is 2.64. The van der Waals surface area contributed by atoms with Gasteiger partial charge in [0, 0.05) is 0 Å². The van der Waals surface area contributed by atoms with E-state index in [-0.39, 0.29) is 17.5 Å². The number of ether oxygens (including phenoxy) is 1. The number of hydrogen-bond acceptors (Lipinski definition) is 3. The first-order valence-corrected chi connectivity index (χ1v) is 7.59. The molecule has 0 spiro atoms. The number of rotatable bonds is 6. The zero-order valence-corrected chi connectivity index (χ0v) is 13.2. The lowest BCUT2D eigenvalue weighted by molar-refractivity contribution is -0.145. The number of hydrogen-bond donors (Lipinski definition) is 1. The molecule has 0 saturated heterocycles. The summed E-state index contributed by atoms with van der Waals surface area (Å²) in [6.45, 7) is 4.06. The van der Waals surface area contributed by atoms with Crippen LogP contribution in [0.5, 0.6) is 0 Å². The first-order valence-electron chi connectivity index (χ1n) is 7.59. The van der Waals surface area contributed by atoms with Crippen LogP contribution in [0.4, 0.5) is 0 Å². The van der Waals surface area contributed by atoms with Gasteiger partial charge in [0.1, 0.15) is 0 Å². The standard InChI is InChI=1S/C19H20O4/c1-3-23-19(22)17(13(2)14-7-5-4-6-8-14)15-9-11-16(12-10-15)18(20)21/h4-13,17H,3H2,1-2H3,(H,20,21). The molecule has 0 aliphatic heterocycles. The third-order valence-corrected chi connectivity index (χ3v) is 3.88. The van der Waals surface area contributed by atoms with Crippen LogP contribution in [0.3, 0.4) is 0 Å². The first kappa shape index (κ1) is 16.7. The topological polar surface area (TPSA) is 63.6 Å². The second-order valence-electron chi connectivity index (χ2n) is 5.36. The highest BCUT2D eigenvalue weighted by atomic mass is 16.5. The largest absolute Gasteiger partial charge is 0.478 e. The molecule has 0 aliphatic carbocycles.